The summed E-state index contributed by atoms with van der Waals surface area (Å²) in [7, 11) is 0. The number of alkyl halides is 3. The molecular weight excluding hydrogens is 385 g/mol. The normalized spacial score (nSPS) is 20.0. The van der Waals surface area contributed by atoms with E-state index in [0.29, 0.717) is 11.5 Å². The Labute approximate surface area is 164 Å². The van der Waals surface area contributed by atoms with Gasteiger partial charge >= 0.3 is 6.18 Å². The molecule has 1 N–H and O–H groups in total. The average Bonchev–Trinajstić information content (AvgIpc) is 3.16. The molecular formula is C20H19F3N4O2. The van der Waals surface area contributed by atoms with E-state index in [-0.39, 0.29) is 25.4 Å². The number of fused-ring (bicyclic) bond motifs is 1. The van der Waals surface area contributed by atoms with E-state index in [1.165, 1.54) is 0 Å². The van der Waals surface area contributed by atoms with Crippen LogP contribution in [0.5, 0.6) is 0 Å². The fourth-order valence-electron chi connectivity index (χ4n) is 3.36. The molecule has 0 unspecified atom stereocenters. The second-order valence-corrected chi connectivity index (χ2v) is 7.12. The first-order valence-electron chi connectivity index (χ1n) is 9.22. The van der Waals surface area contributed by atoms with E-state index in [1.807, 2.05) is 31.3 Å². The Morgan fingerprint density at radius 2 is 2.10 bits per heavy atom. The predicted octanol–water partition coefficient (Wildman–Crippen LogP) is 4.00. The molecule has 0 saturated carbocycles. The number of anilines is 1. The molecule has 1 fully saturated rings. The van der Waals surface area contributed by atoms with E-state index in [2.05, 4.69) is 15.4 Å². The zero-order chi connectivity index (χ0) is 20.6. The molecule has 152 valence electrons. The number of nitrogens with one attached hydrogen (secondary N) is 1. The maximum absolute atomic E-state index is 12.7. The van der Waals surface area contributed by atoms with Gasteiger partial charge in [-0.3, -0.25) is 4.79 Å². The third-order valence-corrected chi connectivity index (χ3v) is 5.04. The summed E-state index contributed by atoms with van der Waals surface area (Å²) in [5.74, 6) is -0.468. The lowest BCUT2D eigenvalue weighted by Crippen LogP contribution is -2.40. The molecule has 6 nitrogen and oxygen atoms in total. The van der Waals surface area contributed by atoms with Crippen molar-refractivity contribution in [2.24, 2.45) is 5.92 Å². The van der Waals surface area contributed by atoms with E-state index in [9.17, 15) is 18.0 Å². The van der Waals surface area contributed by atoms with Crippen molar-refractivity contribution in [1.82, 2.24) is 14.6 Å². The van der Waals surface area contributed by atoms with Gasteiger partial charge in [0.25, 0.3) is 0 Å². The molecule has 0 bridgehead atoms. The van der Waals surface area contributed by atoms with Crippen LogP contribution >= 0.6 is 0 Å². The van der Waals surface area contributed by atoms with Crippen LogP contribution in [0.3, 0.4) is 0 Å². The molecule has 1 saturated heterocycles. The van der Waals surface area contributed by atoms with Crippen molar-refractivity contribution in [3.8, 4) is 11.4 Å². The van der Waals surface area contributed by atoms with Gasteiger partial charge in [0.1, 0.15) is 0 Å². The smallest absolute Gasteiger partial charge is 0.368 e. The summed E-state index contributed by atoms with van der Waals surface area (Å²) in [5, 5.41) is 7.25. The SMILES string of the molecule is Cc1ccc(NC(=O)[C@@H]2CC[C@H](C(F)(F)F)OC2)cc1-c1ncc2cccn2n1. The van der Waals surface area contributed by atoms with Gasteiger partial charge in [-0.1, -0.05) is 6.07 Å². The average molecular weight is 404 g/mol. The summed E-state index contributed by atoms with van der Waals surface area (Å²) in [5.41, 5.74) is 3.09. The summed E-state index contributed by atoms with van der Waals surface area (Å²) in [6.45, 7) is 1.67. The second-order valence-electron chi connectivity index (χ2n) is 7.12. The van der Waals surface area contributed by atoms with Gasteiger partial charge in [0.2, 0.25) is 5.91 Å². The number of amides is 1. The standard InChI is InChI=1S/C20H19F3N4O2/c1-12-4-6-14(9-16(12)18-24-10-15-3-2-8-27(15)26-18)25-19(28)13-5-7-17(29-11-13)20(21,22)23/h2-4,6,8-10,13,17H,5,7,11H2,1H3,(H,25,28)/t13-,17-/m1/s1. The molecule has 0 spiro atoms. The highest BCUT2D eigenvalue weighted by Crippen LogP contribution is 2.32. The van der Waals surface area contributed by atoms with Crippen LogP contribution in [-0.4, -0.2) is 39.4 Å². The first-order valence-corrected chi connectivity index (χ1v) is 9.22. The number of ether oxygens (including phenoxy) is 1. The first-order chi connectivity index (χ1) is 13.8. The van der Waals surface area contributed by atoms with Crippen molar-refractivity contribution in [2.75, 3.05) is 11.9 Å². The quantitative estimate of drug-likeness (QED) is 0.717. The fraction of sp³-hybridized carbons (Fsp3) is 0.350. The van der Waals surface area contributed by atoms with Crippen LogP contribution in [0.2, 0.25) is 0 Å². The molecule has 2 atom stereocenters. The number of rotatable bonds is 3. The topological polar surface area (TPSA) is 68.5 Å². The Hall–Kier alpha value is -2.94. The predicted molar refractivity (Wildman–Crippen MR) is 100 cm³/mol. The first kappa shape index (κ1) is 19.4. The van der Waals surface area contributed by atoms with E-state index >= 15 is 0 Å². The molecule has 29 heavy (non-hydrogen) atoms. The lowest BCUT2D eigenvalue weighted by molar-refractivity contribution is -0.234. The molecule has 3 aromatic rings. The van der Waals surface area contributed by atoms with E-state index in [4.69, 9.17) is 4.74 Å². The van der Waals surface area contributed by atoms with Crippen LogP contribution in [0, 0.1) is 12.8 Å². The fourth-order valence-corrected chi connectivity index (χ4v) is 3.36. The number of halogens is 3. The monoisotopic (exact) mass is 404 g/mol. The minimum absolute atomic E-state index is 0.127. The Kier molecular flexibility index (Phi) is 4.99. The van der Waals surface area contributed by atoms with Gasteiger partial charge in [-0.2, -0.15) is 13.2 Å². The van der Waals surface area contributed by atoms with E-state index < -0.39 is 18.2 Å². The maximum atomic E-state index is 12.7. The Bertz CT molecular complexity index is 1040. The number of carbonyl (C=O) groups excluding carboxylic acids is 1. The number of benzene rings is 1. The van der Waals surface area contributed by atoms with Gasteiger partial charge in [-0.25, -0.2) is 9.50 Å². The molecule has 2 aromatic heterocycles. The van der Waals surface area contributed by atoms with Gasteiger partial charge < -0.3 is 10.1 Å². The molecule has 3 heterocycles. The van der Waals surface area contributed by atoms with Crippen LogP contribution in [0.25, 0.3) is 16.9 Å². The Morgan fingerprint density at radius 3 is 2.83 bits per heavy atom. The summed E-state index contributed by atoms with van der Waals surface area (Å²) in [6.07, 6.45) is -2.75. The molecule has 1 amide bonds. The van der Waals surface area contributed by atoms with E-state index in [1.54, 1.807) is 22.8 Å². The lowest BCUT2D eigenvalue weighted by atomic mass is 9.97. The summed E-state index contributed by atoms with van der Waals surface area (Å²) in [4.78, 5) is 16.9. The van der Waals surface area contributed by atoms with Gasteiger partial charge in [-0.15, -0.1) is 5.10 Å². The number of hydrogen-bond acceptors (Lipinski definition) is 4. The Balaban J connectivity index is 1.48. The third-order valence-electron chi connectivity index (χ3n) is 5.04. The number of nitrogens with zero attached hydrogens (tertiary/aromatic N) is 3. The van der Waals surface area contributed by atoms with Crippen molar-refractivity contribution >= 4 is 17.1 Å². The molecule has 0 aliphatic carbocycles. The van der Waals surface area contributed by atoms with Gasteiger partial charge in [0.05, 0.1) is 24.2 Å². The lowest BCUT2D eigenvalue weighted by Gasteiger charge is -2.29. The summed E-state index contributed by atoms with van der Waals surface area (Å²) in [6, 6.07) is 9.11. The van der Waals surface area contributed by atoms with Crippen LogP contribution < -0.4 is 5.32 Å². The van der Waals surface area contributed by atoms with Crippen LogP contribution in [0.4, 0.5) is 18.9 Å². The molecule has 4 rings (SSSR count). The molecule has 9 heteroatoms. The molecule has 0 radical (unpaired) electrons. The van der Waals surface area contributed by atoms with E-state index in [0.717, 1.165) is 16.6 Å². The van der Waals surface area contributed by atoms with Gasteiger partial charge in [-0.05, 0) is 49.6 Å². The zero-order valence-electron chi connectivity index (χ0n) is 15.6. The highest BCUT2D eigenvalue weighted by Gasteiger charge is 2.43. The molecule has 1 aliphatic heterocycles. The van der Waals surface area contributed by atoms with Crippen molar-refractivity contribution in [2.45, 2.75) is 32.0 Å². The molecule has 1 aromatic carbocycles. The highest BCUT2D eigenvalue weighted by molar-refractivity contribution is 5.93. The maximum Gasteiger partial charge on any atom is 0.414 e. The minimum Gasteiger partial charge on any atom is -0.368 e. The van der Waals surface area contributed by atoms with Crippen LogP contribution in [0.15, 0.2) is 42.7 Å². The van der Waals surface area contributed by atoms with Crippen molar-refractivity contribution in [3.05, 3.63) is 48.3 Å². The number of carbonyl (C=O) groups is 1. The minimum atomic E-state index is -4.39. The van der Waals surface area contributed by atoms with Crippen molar-refractivity contribution < 1.29 is 22.7 Å². The van der Waals surface area contributed by atoms with Crippen molar-refractivity contribution in [3.63, 3.8) is 0 Å². The van der Waals surface area contributed by atoms with Crippen LogP contribution in [-0.2, 0) is 9.53 Å². The number of hydrogen-bond donors (Lipinski definition) is 1. The summed E-state index contributed by atoms with van der Waals surface area (Å²) >= 11 is 0. The third kappa shape index (κ3) is 4.09. The van der Waals surface area contributed by atoms with Gasteiger partial charge in [0.15, 0.2) is 11.9 Å². The van der Waals surface area contributed by atoms with Crippen molar-refractivity contribution in [1.29, 1.82) is 0 Å². The van der Waals surface area contributed by atoms with Crippen LogP contribution in [0.1, 0.15) is 18.4 Å². The number of aromatic nitrogens is 3. The molecule has 1 aliphatic rings. The highest BCUT2D eigenvalue weighted by atomic mass is 19.4. The summed E-state index contributed by atoms with van der Waals surface area (Å²) < 4.78 is 44.7. The van der Waals surface area contributed by atoms with Gasteiger partial charge in [0, 0.05) is 17.4 Å². The second kappa shape index (κ2) is 7.47. The zero-order valence-corrected chi connectivity index (χ0v) is 15.6. The number of aryl methyl sites for hydroxylation is 1. The Morgan fingerprint density at radius 1 is 1.28 bits per heavy atom. The largest absolute Gasteiger partial charge is 0.414 e.